The number of H-pyrrole nitrogens is 1. The minimum absolute atomic E-state index is 0.641. The molecule has 2 heterocycles. The van der Waals surface area contributed by atoms with Gasteiger partial charge in [0.1, 0.15) is 0 Å². The Kier molecular flexibility index (Phi) is 2.47. The molecular weight excluding hydrogens is 234 g/mol. The molecule has 1 aromatic carbocycles. The van der Waals surface area contributed by atoms with Gasteiger partial charge in [-0.3, -0.25) is 0 Å². The summed E-state index contributed by atoms with van der Waals surface area (Å²) in [5.41, 5.74) is 10.2. The first kappa shape index (κ1) is 11.5. The van der Waals surface area contributed by atoms with Crippen LogP contribution in [-0.4, -0.2) is 36.1 Å². The third-order valence-electron chi connectivity index (χ3n) is 5.15. The molecule has 3 heteroatoms. The summed E-state index contributed by atoms with van der Waals surface area (Å²) in [5.74, 6) is 1.29. The van der Waals surface area contributed by atoms with Crippen LogP contribution in [0.5, 0.6) is 0 Å². The molecule has 1 aliphatic carbocycles. The van der Waals surface area contributed by atoms with Crippen molar-refractivity contribution in [2.75, 3.05) is 20.1 Å². The van der Waals surface area contributed by atoms with E-state index in [1.165, 1.54) is 34.9 Å². The Morgan fingerprint density at radius 2 is 2.32 bits per heavy atom. The predicted molar refractivity (Wildman–Crippen MR) is 78.3 cm³/mol. The zero-order valence-corrected chi connectivity index (χ0v) is 11.4. The Balaban J connectivity index is 1.86. The smallest absolute Gasteiger partial charge is 0.0459 e. The van der Waals surface area contributed by atoms with Gasteiger partial charge in [0.2, 0.25) is 0 Å². The van der Waals surface area contributed by atoms with Crippen molar-refractivity contribution in [3.8, 4) is 0 Å². The third-order valence-corrected chi connectivity index (χ3v) is 5.15. The van der Waals surface area contributed by atoms with Gasteiger partial charge in [0.15, 0.2) is 0 Å². The lowest BCUT2D eigenvalue weighted by Crippen LogP contribution is -2.49. The highest BCUT2D eigenvalue weighted by Crippen LogP contribution is 2.43. The molecule has 1 aliphatic heterocycles. The summed E-state index contributed by atoms with van der Waals surface area (Å²) >= 11 is 0. The molecule has 0 radical (unpaired) electrons. The largest absolute Gasteiger partial charge is 0.361 e. The highest BCUT2D eigenvalue weighted by atomic mass is 15.1. The number of rotatable bonds is 1. The second-order valence-electron chi connectivity index (χ2n) is 6.24. The number of hydrogen-bond acceptors (Lipinski definition) is 2. The van der Waals surface area contributed by atoms with E-state index in [1.807, 2.05) is 0 Å². The quantitative estimate of drug-likeness (QED) is 0.819. The SMILES string of the molecule is CN1C[C@@H](CN)C[C@H]2c3cccc4[nH]cc(c34)C[C@H]21. The normalized spacial score (nSPS) is 30.5. The van der Waals surface area contributed by atoms with Crippen LogP contribution in [0.15, 0.2) is 24.4 Å². The number of nitrogens with two attached hydrogens (primary N) is 1. The molecule has 4 rings (SSSR count). The number of nitrogens with one attached hydrogen (secondary N) is 1. The third kappa shape index (κ3) is 1.58. The number of piperidine rings is 1. The predicted octanol–water partition coefficient (Wildman–Crippen LogP) is 2.09. The summed E-state index contributed by atoms with van der Waals surface area (Å²) in [6, 6.07) is 7.35. The number of nitrogens with zero attached hydrogens (tertiary/aromatic N) is 1. The molecular formula is C16H21N3. The van der Waals surface area contributed by atoms with Crippen LogP contribution in [0.1, 0.15) is 23.5 Å². The van der Waals surface area contributed by atoms with Crippen LogP contribution in [0, 0.1) is 5.92 Å². The topological polar surface area (TPSA) is 45.0 Å². The molecule has 0 saturated carbocycles. The molecule has 3 atom stereocenters. The van der Waals surface area contributed by atoms with Crippen molar-refractivity contribution in [1.82, 2.24) is 9.88 Å². The molecule has 0 spiro atoms. The molecule has 100 valence electrons. The molecule has 19 heavy (non-hydrogen) atoms. The van der Waals surface area contributed by atoms with Crippen LogP contribution in [0.4, 0.5) is 0 Å². The van der Waals surface area contributed by atoms with Crippen molar-refractivity contribution in [3.05, 3.63) is 35.5 Å². The number of fused-ring (bicyclic) bond motifs is 2. The van der Waals surface area contributed by atoms with Crippen LogP contribution >= 0.6 is 0 Å². The van der Waals surface area contributed by atoms with Gasteiger partial charge in [0.05, 0.1) is 0 Å². The number of aromatic nitrogens is 1. The van der Waals surface area contributed by atoms with Crippen LogP contribution < -0.4 is 5.73 Å². The van der Waals surface area contributed by atoms with Gasteiger partial charge in [-0.05, 0) is 49.5 Å². The molecule has 2 aromatic rings. The average Bonchev–Trinajstić information content (AvgIpc) is 2.85. The number of likely N-dealkylation sites (N-methyl/N-ethyl adjacent to an activating group) is 1. The standard InChI is InChI=1S/C16H21N3/c1-19-9-10(7-17)5-13-12-3-2-4-14-16(12)11(8-18-14)6-15(13)19/h2-4,8,10,13,15,18H,5-7,9,17H2,1H3/t10-,13+,15-/m1/s1. The number of likely N-dealkylation sites (tertiary alicyclic amines) is 1. The Morgan fingerprint density at radius 3 is 3.16 bits per heavy atom. The lowest BCUT2D eigenvalue weighted by atomic mass is 9.72. The van der Waals surface area contributed by atoms with Gasteiger partial charge in [-0.25, -0.2) is 0 Å². The summed E-state index contributed by atoms with van der Waals surface area (Å²) < 4.78 is 0. The number of aromatic amines is 1. The first-order valence-corrected chi connectivity index (χ1v) is 7.27. The molecule has 0 bridgehead atoms. The van der Waals surface area contributed by atoms with Crippen molar-refractivity contribution in [2.45, 2.75) is 24.8 Å². The molecule has 0 amide bonds. The molecule has 1 aromatic heterocycles. The fourth-order valence-electron chi connectivity index (χ4n) is 4.22. The molecule has 3 N–H and O–H groups in total. The highest BCUT2D eigenvalue weighted by molar-refractivity contribution is 5.88. The summed E-state index contributed by atoms with van der Waals surface area (Å²) in [5, 5.41) is 1.48. The second kappa shape index (κ2) is 4.09. The summed E-state index contributed by atoms with van der Waals surface area (Å²) in [7, 11) is 2.26. The molecule has 1 saturated heterocycles. The van der Waals surface area contributed by atoms with E-state index in [0.717, 1.165) is 13.1 Å². The highest BCUT2D eigenvalue weighted by Gasteiger charge is 2.38. The van der Waals surface area contributed by atoms with Crippen LogP contribution in [-0.2, 0) is 6.42 Å². The van der Waals surface area contributed by atoms with Gasteiger partial charge in [0.25, 0.3) is 0 Å². The fraction of sp³-hybridized carbons (Fsp3) is 0.500. The first-order chi connectivity index (χ1) is 9.28. The fourth-order valence-corrected chi connectivity index (χ4v) is 4.22. The van der Waals surface area contributed by atoms with E-state index < -0.39 is 0 Å². The van der Waals surface area contributed by atoms with Gasteiger partial charge in [0, 0.05) is 35.6 Å². The average molecular weight is 255 g/mol. The maximum atomic E-state index is 5.93. The number of hydrogen-bond donors (Lipinski definition) is 2. The first-order valence-electron chi connectivity index (χ1n) is 7.27. The van der Waals surface area contributed by atoms with E-state index in [-0.39, 0.29) is 0 Å². The Labute approximate surface area is 113 Å². The molecule has 0 unspecified atom stereocenters. The second-order valence-corrected chi connectivity index (χ2v) is 6.24. The lowest BCUT2D eigenvalue weighted by molar-refractivity contribution is 0.115. The monoisotopic (exact) mass is 255 g/mol. The van der Waals surface area contributed by atoms with E-state index >= 15 is 0 Å². The van der Waals surface area contributed by atoms with Gasteiger partial charge in [-0.2, -0.15) is 0 Å². The van der Waals surface area contributed by atoms with E-state index in [9.17, 15) is 0 Å². The van der Waals surface area contributed by atoms with Crippen molar-refractivity contribution < 1.29 is 0 Å². The molecule has 3 nitrogen and oxygen atoms in total. The Morgan fingerprint density at radius 1 is 1.42 bits per heavy atom. The maximum absolute atomic E-state index is 5.93. The zero-order valence-electron chi connectivity index (χ0n) is 11.4. The van der Waals surface area contributed by atoms with Gasteiger partial charge in [-0.1, -0.05) is 12.1 Å². The zero-order chi connectivity index (χ0) is 13.0. The van der Waals surface area contributed by atoms with Crippen molar-refractivity contribution in [1.29, 1.82) is 0 Å². The Hall–Kier alpha value is -1.32. The van der Waals surface area contributed by atoms with Crippen molar-refractivity contribution in [3.63, 3.8) is 0 Å². The Bertz CT molecular complexity index is 615. The van der Waals surface area contributed by atoms with Gasteiger partial charge >= 0.3 is 0 Å². The summed E-state index contributed by atoms with van der Waals surface area (Å²) in [6.45, 7) is 1.96. The molecule has 1 fully saturated rings. The van der Waals surface area contributed by atoms with Crippen LogP contribution in [0.3, 0.4) is 0 Å². The molecule has 2 aliphatic rings. The van der Waals surface area contributed by atoms with Crippen LogP contribution in [0.25, 0.3) is 10.9 Å². The van der Waals surface area contributed by atoms with E-state index in [4.69, 9.17) is 5.73 Å². The number of benzene rings is 1. The van der Waals surface area contributed by atoms with E-state index in [1.54, 1.807) is 0 Å². The summed E-state index contributed by atoms with van der Waals surface area (Å²) in [6.07, 6.45) is 4.62. The van der Waals surface area contributed by atoms with E-state index in [2.05, 4.69) is 41.3 Å². The minimum atomic E-state index is 0.641. The minimum Gasteiger partial charge on any atom is -0.361 e. The van der Waals surface area contributed by atoms with Crippen molar-refractivity contribution in [2.24, 2.45) is 11.7 Å². The van der Waals surface area contributed by atoms with Crippen LogP contribution in [0.2, 0.25) is 0 Å². The lowest BCUT2D eigenvalue weighted by Gasteiger charge is -2.45. The van der Waals surface area contributed by atoms with Crippen molar-refractivity contribution >= 4 is 10.9 Å². The van der Waals surface area contributed by atoms with E-state index in [0.29, 0.717) is 17.9 Å². The summed E-state index contributed by atoms with van der Waals surface area (Å²) in [4.78, 5) is 5.95. The van der Waals surface area contributed by atoms with Gasteiger partial charge in [-0.15, -0.1) is 0 Å². The van der Waals surface area contributed by atoms with Gasteiger partial charge < -0.3 is 15.6 Å². The maximum Gasteiger partial charge on any atom is 0.0459 e.